The Morgan fingerprint density at radius 3 is 2.88 bits per heavy atom. The fourth-order valence-electron chi connectivity index (χ4n) is 1.16. The monoisotopic (exact) mass is 236 g/mol. The van der Waals surface area contributed by atoms with Crippen LogP contribution >= 0.6 is 11.8 Å². The van der Waals surface area contributed by atoms with Crippen LogP contribution in [0, 0.1) is 6.92 Å². The van der Waals surface area contributed by atoms with Gasteiger partial charge < -0.3 is 0 Å². The maximum Gasteiger partial charge on any atom is 0.238 e. The molecule has 2 rings (SSSR count). The Labute approximate surface area is 97.2 Å². The third-order valence-electron chi connectivity index (χ3n) is 1.95. The third kappa shape index (κ3) is 2.31. The summed E-state index contributed by atoms with van der Waals surface area (Å²) in [5, 5.41) is 4.97. The van der Waals surface area contributed by atoms with E-state index >= 15 is 0 Å². The van der Waals surface area contributed by atoms with Crippen molar-refractivity contribution < 1.29 is 0 Å². The lowest BCUT2D eigenvalue weighted by molar-refractivity contribution is 0.766. The molecule has 6 nitrogen and oxygen atoms in total. The average Bonchev–Trinajstić information content (AvgIpc) is 2.67. The van der Waals surface area contributed by atoms with Gasteiger partial charge in [0.05, 0.1) is 11.1 Å². The lowest BCUT2D eigenvalue weighted by Gasteiger charge is -2.04. The van der Waals surface area contributed by atoms with Gasteiger partial charge in [0.1, 0.15) is 5.03 Å². The summed E-state index contributed by atoms with van der Waals surface area (Å²) in [4.78, 5) is 9.33. The predicted molar refractivity (Wildman–Crippen MR) is 61.9 cm³/mol. The van der Waals surface area contributed by atoms with Crippen molar-refractivity contribution in [3.63, 3.8) is 0 Å². The molecule has 84 valence electrons. The smallest absolute Gasteiger partial charge is 0.238 e. The largest absolute Gasteiger partial charge is 0.292 e. The summed E-state index contributed by atoms with van der Waals surface area (Å²) in [6.07, 6.45) is 5.46. The number of hydrazine groups is 1. The number of hydrogen-bond acceptors (Lipinski definition) is 6. The highest BCUT2D eigenvalue weighted by Crippen LogP contribution is 2.28. The molecule has 2 heterocycles. The minimum absolute atomic E-state index is 0.414. The fourth-order valence-corrected chi connectivity index (χ4v) is 2.04. The van der Waals surface area contributed by atoms with Gasteiger partial charge in [-0.25, -0.2) is 15.8 Å². The molecule has 0 radical (unpaired) electrons. The van der Waals surface area contributed by atoms with Crippen LogP contribution in [0.5, 0.6) is 0 Å². The van der Waals surface area contributed by atoms with Crippen LogP contribution in [0.15, 0.2) is 28.5 Å². The molecule has 0 saturated carbocycles. The van der Waals surface area contributed by atoms with E-state index < -0.39 is 0 Å². The maximum absolute atomic E-state index is 5.27. The Bertz CT molecular complexity index is 494. The summed E-state index contributed by atoms with van der Waals surface area (Å²) in [6.45, 7) is 1.96. The molecule has 2 aromatic heterocycles. The zero-order chi connectivity index (χ0) is 11.5. The van der Waals surface area contributed by atoms with E-state index in [9.17, 15) is 0 Å². The maximum atomic E-state index is 5.27. The Balaban J connectivity index is 2.26. The van der Waals surface area contributed by atoms with Gasteiger partial charge in [-0.15, -0.1) is 0 Å². The Hall–Kier alpha value is -1.60. The number of nitrogens with zero attached hydrogens (tertiary/aromatic N) is 4. The first-order valence-electron chi connectivity index (χ1n) is 4.66. The second-order valence-corrected chi connectivity index (χ2v) is 4.34. The van der Waals surface area contributed by atoms with Crippen molar-refractivity contribution in [1.82, 2.24) is 19.7 Å². The number of anilines is 1. The standard InChI is InChI=1S/C9H12N6S/c1-6-3-11-9(14-10)13-8(6)16-7-4-12-15(2)5-7/h3-5H,10H2,1-2H3,(H,11,13,14). The van der Waals surface area contributed by atoms with E-state index in [0.29, 0.717) is 5.95 Å². The van der Waals surface area contributed by atoms with E-state index in [1.807, 2.05) is 20.2 Å². The first kappa shape index (κ1) is 10.9. The highest BCUT2D eigenvalue weighted by Gasteiger charge is 2.06. The minimum atomic E-state index is 0.414. The van der Waals surface area contributed by atoms with Gasteiger partial charge in [-0.1, -0.05) is 11.8 Å². The quantitative estimate of drug-likeness (QED) is 0.469. The first-order valence-corrected chi connectivity index (χ1v) is 5.47. The highest BCUT2D eigenvalue weighted by molar-refractivity contribution is 7.99. The number of nitrogens with one attached hydrogen (secondary N) is 1. The zero-order valence-electron chi connectivity index (χ0n) is 9.01. The highest BCUT2D eigenvalue weighted by atomic mass is 32.2. The summed E-state index contributed by atoms with van der Waals surface area (Å²) in [7, 11) is 1.88. The lowest BCUT2D eigenvalue weighted by atomic mass is 10.4. The van der Waals surface area contributed by atoms with Gasteiger partial charge >= 0.3 is 0 Å². The van der Waals surface area contributed by atoms with E-state index in [4.69, 9.17) is 5.84 Å². The molecule has 0 unspecified atom stereocenters. The first-order chi connectivity index (χ1) is 7.69. The molecule has 0 saturated heterocycles. The van der Waals surface area contributed by atoms with Crippen molar-refractivity contribution in [2.24, 2.45) is 12.9 Å². The lowest BCUT2D eigenvalue weighted by Crippen LogP contribution is -2.10. The number of aryl methyl sites for hydroxylation is 2. The molecule has 2 aromatic rings. The Morgan fingerprint density at radius 2 is 2.25 bits per heavy atom. The van der Waals surface area contributed by atoms with E-state index in [2.05, 4.69) is 20.5 Å². The summed E-state index contributed by atoms with van der Waals surface area (Å²) in [5.74, 6) is 5.68. The molecular formula is C9H12N6S. The van der Waals surface area contributed by atoms with E-state index in [1.165, 1.54) is 11.8 Å². The SMILES string of the molecule is Cc1cnc(NN)nc1Sc1cnn(C)c1. The van der Waals surface area contributed by atoms with Crippen LogP contribution in [0.1, 0.15) is 5.56 Å². The van der Waals surface area contributed by atoms with Crippen LogP contribution in [0.25, 0.3) is 0 Å². The molecule has 0 atom stereocenters. The third-order valence-corrected chi connectivity index (χ3v) is 3.00. The number of rotatable bonds is 3. The van der Waals surface area contributed by atoms with Gasteiger partial charge in [0, 0.05) is 25.0 Å². The number of aromatic nitrogens is 4. The van der Waals surface area contributed by atoms with Crippen molar-refractivity contribution in [3.8, 4) is 0 Å². The van der Waals surface area contributed by atoms with Crippen LogP contribution in [0.2, 0.25) is 0 Å². The second kappa shape index (κ2) is 4.50. The van der Waals surface area contributed by atoms with E-state index in [-0.39, 0.29) is 0 Å². The summed E-state index contributed by atoms with van der Waals surface area (Å²) >= 11 is 1.53. The summed E-state index contributed by atoms with van der Waals surface area (Å²) in [5.41, 5.74) is 3.44. The van der Waals surface area contributed by atoms with Gasteiger partial charge in [0.25, 0.3) is 0 Å². The Kier molecular flexibility index (Phi) is 3.07. The van der Waals surface area contributed by atoms with E-state index in [1.54, 1.807) is 17.1 Å². The number of nitrogen functional groups attached to an aromatic ring is 1. The van der Waals surface area contributed by atoms with Gasteiger partial charge in [-0.05, 0) is 6.92 Å². The molecular weight excluding hydrogens is 224 g/mol. The van der Waals surface area contributed by atoms with Crippen LogP contribution in [-0.4, -0.2) is 19.7 Å². The molecule has 7 heteroatoms. The molecule has 16 heavy (non-hydrogen) atoms. The molecule has 3 N–H and O–H groups in total. The molecule has 0 aromatic carbocycles. The topological polar surface area (TPSA) is 81.7 Å². The molecule has 0 aliphatic heterocycles. The van der Waals surface area contributed by atoms with Crippen molar-refractivity contribution >= 4 is 17.7 Å². The van der Waals surface area contributed by atoms with E-state index in [0.717, 1.165) is 15.5 Å². The molecule has 0 amide bonds. The zero-order valence-corrected chi connectivity index (χ0v) is 9.82. The average molecular weight is 236 g/mol. The van der Waals surface area contributed by atoms with Gasteiger partial charge in [-0.2, -0.15) is 5.10 Å². The van der Waals surface area contributed by atoms with Gasteiger partial charge in [0.2, 0.25) is 5.95 Å². The molecule has 0 spiro atoms. The molecule has 0 aliphatic carbocycles. The normalized spacial score (nSPS) is 10.4. The second-order valence-electron chi connectivity index (χ2n) is 3.28. The van der Waals surface area contributed by atoms with Crippen LogP contribution in [-0.2, 0) is 7.05 Å². The van der Waals surface area contributed by atoms with Crippen molar-refractivity contribution in [3.05, 3.63) is 24.2 Å². The molecule has 0 fully saturated rings. The van der Waals surface area contributed by atoms with Crippen molar-refractivity contribution in [2.45, 2.75) is 16.8 Å². The summed E-state index contributed by atoms with van der Waals surface area (Å²) < 4.78 is 1.75. The minimum Gasteiger partial charge on any atom is -0.292 e. The van der Waals surface area contributed by atoms with Crippen LogP contribution in [0.4, 0.5) is 5.95 Å². The summed E-state index contributed by atoms with van der Waals surface area (Å²) in [6, 6.07) is 0. The van der Waals surface area contributed by atoms with Gasteiger partial charge in [0.15, 0.2) is 0 Å². The number of hydrogen-bond donors (Lipinski definition) is 2. The number of nitrogens with two attached hydrogens (primary N) is 1. The van der Waals surface area contributed by atoms with Crippen molar-refractivity contribution in [2.75, 3.05) is 5.43 Å². The molecule has 0 aliphatic rings. The van der Waals surface area contributed by atoms with Crippen LogP contribution < -0.4 is 11.3 Å². The van der Waals surface area contributed by atoms with Gasteiger partial charge in [-0.3, -0.25) is 10.1 Å². The molecule has 0 bridgehead atoms. The predicted octanol–water partition coefficient (Wildman–Crippen LogP) is 0.955. The van der Waals surface area contributed by atoms with Crippen LogP contribution in [0.3, 0.4) is 0 Å². The van der Waals surface area contributed by atoms with Crippen molar-refractivity contribution in [1.29, 1.82) is 0 Å². The fraction of sp³-hybridized carbons (Fsp3) is 0.222. The Morgan fingerprint density at radius 1 is 1.44 bits per heavy atom.